The highest BCUT2D eigenvalue weighted by atomic mass is 19.4. The summed E-state index contributed by atoms with van der Waals surface area (Å²) < 4.78 is 73.1. The van der Waals surface area contributed by atoms with Gasteiger partial charge in [0.05, 0.1) is 30.6 Å². The van der Waals surface area contributed by atoms with Crippen LogP contribution in [0.2, 0.25) is 0 Å². The minimum atomic E-state index is -4.71. The van der Waals surface area contributed by atoms with Crippen molar-refractivity contribution in [1.29, 1.82) is 0 Å². The number of fused-ring (bicyclic) bond motifs is 1. The van der Waals surface area contributed by atoms with Crippen molar-refractivity contribution >= 4 is 11.8 Å². The van der Waals surface area contributed by atoms with Crippen LogP contribution in [0.5, 0.6) is 0 Å². The maximum Gasteiger partial charge on any atom is 0.433 e. The van der Waals surface area contributed by atoms with E-state index in [1.807, 2.05) is 0 Å². The van der Waals surface area contributed by atoms with Gasteiger partial charge in [-0.3, -0.25) is 9.59 Å². The molecule has 0 aliphatic carbocycles. The highest BCUT2D eigenvalue weighted by Gasteiger charge is 2.41. The van der Waals surface area contributed by atoms with Gasteiger partial charge in [-0.1, -0.05) is 0 Å². The molecule has 1 atom stereocenters. The van der Waals surface area contributed by atoms with Gasteiger partial charge in [0.2, 0.25) is 11.8 Å². The highest BCUT2D eigenvalue weighted by Crippen LogP contribution is 2.35. The van der Waals surface area contributed by atoms with Gasteiger partial charge in [-0.15, -0.1) is 0 Å². The zero-order chi connectivity index (χ0) is 24.7. The molecule has 1 fully saturated rings. The molecule has 2 aliphatic rings. The van der Waals surface area contributed by atoms with Crippen molar-refractivity contribution in [3.05, 3.63) is 35.5 Å². The summed E-state index contributed by atoms with van der Waals surface area (Å²) in [5.41, 5.74) is 5.16. The molecular weight excluding hydrogens is 465 g/mol. The molecule has 4 rings (SSSR count). The van der Waals surface area contributed by atoms with Crippen molar-refractivity contribution in [2.75, 3.05) is 19.6 Å². The van der Waals surface area contributed by atoms with Crippen LogP contribution in [-0.2, 0) is 28.7 Å². The van der Waals surface area contributed by atoms with Gasteiger partial charge in [0, 0.05) is 44.0 Å². The lowest BCUT2D eigenvalue weighted by molar-refractivity contribution is -0.148. The molecule has 8 nitrogen and oxygen atoms in total. The van der Waals surface area contributed by atoms with E-state index in [9.17, 15) is 31.5 Å². The highest BCUT2D eigenvalue weighted by molar-refractivity contribution is 5.78. The molecule has 0 aromatic carbocycles. The molecule has 2 aromatic heterocycles. The fourth-order valence-electron chi connectivity index (χ4n) is 4.16. The summed E-state index contributed by atoms with van der Waals surface area (Å²) in [4.78, 5) is 34.9. The van der Waals surface area contributed by atoms with Crippen molar-refractivity contribution in [3.8, 4) is 11.4 Å². The first kappa shape index (κ1) is 24.0. The molecular formula is C21H22F5N5O3. The van der Waals surface area contributed by atoms with Crippen LogP contribution < -0.4 is 5.73 Å². The molecule has 1 saturated heterocycles. The molecule has 2 aromatic rings. The first-order chi connectivity index (χ1) is 15.9. The maximum absolute atomic E-state index is 13.6. The minimum Gasteiger partial charge on any atom is -0.472 e. The van der Waals surface area contributed by atoms with E-state index in [1.165, 1.54) is 23.5 Å². The summed E-state index contributed by atoms with van der Waals surface area (Å²) in [6.45, 7) is -1.15. The number of carbonyl (C=O) groups excluding carboxylic acids is 2. The van der Waals surface area contributed by atoms with Crippen LogP contribution in [0.3, 0.4) is 0 Å². The second kappa shape index (κ2) is 8.93. The number of carbonyl (C=O) groups is 2. The predicted molar refractivity (Wildman–Crippen MR) is 107 cm³/mol. The number of rotatable bonds is 5. The van der Waals surface area contributed by atoms with E-state index >= 15 is 0 Å². The van der Waals surface area contributed by atoms with E-state index in [-0.39, 0.29) is 61.5 Å². The van der Waals surface area contributed by atoms with Crippen LogP contribution in [0.25, 0.3) is 11.4 Å². The lowest BCUT2D eigenvalue weighted by Crippen LogP contribution is -2.51. The summed E-state index contributed by atoms with van der Waals surface area (Å²) in [6.07, 6.45) is -3.38. The molecule has 0 spiro atoms. The molecule has 34 heavy (non-hydrogen) atoms. The van der Waals surface area contributed by atoms with E-state index in [0.717, 1.165) is 4.90 Å². The fourth-order valence-corrected chi connectivity index (χ4v) is 4.16. The number of hydrogen-bond acceptors (Lipinski definition) is 6. The van der Waals surface area contributed by atoms with E-state index in [4.69, 9.17) is 10.2 Å². The van der Waals surface area contributed by atoms with Gasteiger partial charge in [0.15, 0.2) is 11.5 Å². The number of amides is 2. The molecule has 2 N–H and O–H groups in total. The fraction of sp³-hybridized carbons (Fsp3) is 0.524. The predicted octanol–water partition coefficient (Wildman–Crippen LogP) is 2.62. The van der Waals surface area contributed by atoms with Crippen molar-refractivity contribution in [1.82, 2.24) is 19.8 Å². The quantitative estimate of drug-likeness (QED) is 0.651. The second-order valence-electron chi connectivity index (χ2n) is 8.49. The zero-order valence-electron chi connectivity index (χ0n) is 17.9. The normalized spacial score (nSPS) is 19.2. The van der Waals surface area contributed by atoms with Crippen LogP contribution in [0.4, 0.5) is 22.0 Å². The standard InChI is InChI=1S/C21H22F5N5O3/c22-20(23)4-1-16(32)31(11-20)8-13(27)7-17(33)30-5-2-14-15(9-30)28-19(12-3-6-34-10-12)29-18(14)21(24,25)26/h3,6,10,13H,1-2,4-5,7-9,11,27H2. The zero-order valence-corrected chi connectivity index (χ0v) is 17.9. The smallest absolute Gasteiger partial charge is 0.433 e. The van der Waals surface area contributed by atoms with Crippen molar-refractivity contribution in [3.63, 3.8) is 0 Å². The minimum absolute atomic E-state index is 0.00321. The molecule has 2 amide bonds. The lowest BCUT2D eigenvalue weighted by atomic mass is 10.0. The average Bonchev–Trinajstić information content (AvgIpc) is 3.29. The number of piperidine rings is 1. The van der Waals surface area contributed by atoms with Crippen LogP contribution in [0.1, 0.15) is 36.2 Å². The number of aromatic nitrogens is 2. The van der Waals surface area contributed by atoms with Crippen LogP contribution >= 0.6 is 0 Å². The van der Waals surface area contributed by atoms with Gasteiger partial charge in [-0.2, -0.15) is 13.2 Å². The molecule has 0 saturated carbocycles. The number of hydrogen-bond donors (Lipinski definition) is 1. The Morgan fingerprint density at radius 3 is 2.71 bits per heavy atom. The molecule has 184 valence electrons. The molecule has 4 heterocycles. The number of nitrogens with zero attached hydrogens (tertiary/aromatic N) is 4. The topological polar surface area (TPSA) is 106 Å². The van der Waals surface area contributed by atoms with Gasteiger partial charge >= 0.3 is 6.18 Å². The molecule has 0 bridgehead atoms. The van der Waals surface area contributed by atoms with Gasteiger partial charge in [0.25, 0.3) is 5.92 Å². The van der Waals surface area contributed by atoms with Crippen LogP contribution in [0, 0.1) is 0 Å². The van der Waals surface area contributed by atoms with Crippen molar-refractivity contribution < 1.29 is 36.0 Å². The SMILES string of the molecule is NC(CC(=O)N1CCc2c(nc(-c3ccoc3)nc2C(F)(F)F)C1)CN1CC(F)(F)CCC1=O. The third kappa shape index (κ3) is 5.18. The largest absolute Gasteiger partial charge is 0.472 e. The summed E-state index contributed by atoms with van der Waals surface area (Å²) in [7, 11) is 0. The Kier molecular flexibility index (Phi) is 6.32. The van der Waals surface area contributed by atoms with Crippen molar-refractivity contribution in [2.45, 2.75) is 50.4 Å². The third-order valence-corrected chi connectivity index (χ3v) is 5.84. The van der Waals surface area contributed by atoms with E-state index in [0.29, 0.717) is 0 Å². The summed E-state index contributed by atoms with van der Waals surface area (Å²) in [5.74, 6) is -4.10. The molecule has 1 unspecified atom stereocenters. The Morgan fingerprint density at radius 1 is 1.26 bits per heavy atom. The maximum atomic E-state index is 13.6. The lowest BCUT2D eigenvalue weighted by Gasteiger charge is -2.34. The number of alkyl halides is 5. The molecule has 13 heteroatoms. The van der Waals surface area contributed by atoms with Gasteiger partial charge in [-0.25, -0.2) is 18.7 Å². The number of halogens is 5. The van der Waals surface area contributed by atoms with E-state index < -0.39 is 48.6 Å². The Hall–Kier alpha value is -3.09. The number of furan rings is 1. The second-order valence-corrected chi connectivity index (χ2v) is 8.49. The van der Waals surface area contributed by atoms with Gasteiger partial charge < -0.3 is 20.0 Å². The van der Waals surface area contributed by atoms with Gasteiger partial charge in [0.1, 0.15) is 6.26 Å². The van der Waals surface area contributed by atoms with Crippen LogP contribution in [-0.4, -0.2) is 63.2 Å². The van der Waals surface area contributed by atoms with Crippen LogP contribution in [0.15, 0.2) is 23.0 Å². The summed E-state index contributed by atoms with van der Waals surface area (Å²) in [6, 6.07) is 0.530. The third-order valence-electron chi connectivity index (χ3n) is 5.84. The number of likely N-dealkylation sites (tertiary alicyclic amines) is 1. The first-order valence-corrected chi connectivity index (χ1v) is 10.6. The summed E-state index contributed by atoms with van der Waals surface area (Å²) in [5, 5.41) is 0. The van der Waals surface area contributed by atoms with Crippen molar-refractivity contribution in [2.24, 2.45) is 5.73 Å². The van der Waals surface area contributed by atoms with E-state index in [2.05, 4.69) is 9.97 Å². The molecule has 2 aliphatic heterocycles. The Labute approximate surface area is 190 Å². The van der Waals surface area contributed by atoms with Gasteiger partial charge in [-0.05, 0) is 12.5 Å². The Balaban J connectivity index is 1.47. The first-order valence-electron chi connectivity index (χ1n) is 10.6. The summed E-state index contributed by atoms with van der Waals surface area (Å²) >= 11 is 0. The number of nitrogens with two attached hydrogens (primary N) is 1. The average molecular weight is 487 g/mol. The van der Waals surface area contributed by atoms with E-state index in [1.54, 1.807) is 0 Å². The monoisotopic (exact) mass is 487 g/mol. The Morgan fingerprint density at radius 2 is 2.03 bits per heavy atom. The Bertz CT molecular complexity index is 1070. The molecule has 0 radical (unpaired) electrons.